The zero-order valence-corrected chi connectivity index (χ0v) is 13.4. The van der Waals surface area contributed by atoms with E-state index in [2.05, 4.69) is 21.2 Å². The topological polar surface area (TPSA) is 75.6 Å². The number of rotatable bonds is 4. The molecule has 0 aliphatic heterocycles. The maximum Gasteiger partial charge on any atom is 0.411 e. The van der Waals surface area contributed by atoms with Gasteiger partial charge in [-0.2, -0.15) is 0 Å². The standard InChI is InChI=1S/C16H14BrNO4/c1-10-13(17)7-12(15(19)20)8-14(10)18-16(21)22-9-11-5-3-2-4-6-11/h2-8H,9H2,1H3,(H,18,21)(H,19,20). The van der Waals surface area contributed by atoms with E-state index in [9.17, 15) is 9.59 Å². The quantitative estimate of drug-likeness (QED) is 0.853. The van der Waals surface area contributed by atoms with Crippen molar-refractivity contribution in [3.8, 4) is 0 Å². The third-order valence-electron chi connectivity index (χ3n) is 3.04. The van der Waals surface area contributed by atoms with Crippen LogP contribution >= 0.6 is 15.9 Å². The predicted molar refractivity (Wildman–Crippen MR) is 86.1 cm³/mol. The van der Waals surface area contributed by atoms with Gasteiger partial charge in [-0.05, 0) is 30.2 Å². The number of nitrogens with one attached hydrogen (secondary N) is 1. The van der Waals surface area contributed by atoms with Gasteiger partial charge in [-0.3, -0.25) is 5.32 Å². The normalized spacial score (nSPS) is 10.1. The predicted octanol–water partition coefficient (Wildman–Crippen LogP) is 4.20. The molecule has 5 nitrogen and oxygen atoms in total. The SMILES string of the molecule is Cc1c(Br)cc(C(=O)O)cc1NC(=O)OCc1ccccc1. The van der Waals surface area contributed by atoms with Crippen LogP contribution in [-0.4, -0.2) is 17.2 Å². The Kier molecular flexibility index (Phi) is 5.16. The second-order valence-electron chi connectivity index (χ2n) is 4.62. The molecule has 0 aliphatic rings. The number of amides is 1. The first-order valence-electron chi connectivity index (χ1n) is 6.48. The van der Waals surface area contributed by atoms with Crippen LogP contribution in [-0.2, 0) is 11.3 Å². The Morgan fingerprint density at radius 2 is 1.91 bits per heavy atom. The molecule has 0 saturated heterocycles. The molecule has 0 heterocycles. The van der Waals surface area contributed by atoms with Crippen LogP contribution in [0.3, 0.4) is 0 Å². The zero-order chi connectivity index (χ0) is 16.1. The van der Waals surface area contributed by atoms with E-state index < -0.39 is 12.1 Å². The van der Waals surface area contributed by atoms with E-state index in [1.165, 1.54) is 12.1 Å². The van der Waals surface area contributed by atoms with Crippen molar-refractivity contribution in [1.82, 2.24) is 0 Å². The molecule has 0 fully saturated rings. The molecule has 0 unspecified atom stereocenters. The van der Waals surface area contributed by atoms with Crippen LogP contribution in [0.5, 0.6) is 0 Å². The van der Waals surface area contributed by atoms with Gasteiger partial charge in [0.25, 0.3) is 0 Å². The van der Waals surface area contributed by atoms with Crippen LogP contribution in [0.2, 0.25) is 0 Å². The first-order valence-corrected chi connectivity index (χ1v) is 7.28. The minimum Gasteiger partial charge on any atom is -0.478 e. The van der Waals surface area contributed by atoms with E-state index in [4.69, 9.17) is 9.84 Å². The molecule has 22 heavy (non-hydrogen) atoms. The molecule has 2 aromatic carbocycles. The number of hydrogen-bond acceptors (Lipinski definition) is 3. The highest BCUT2D eigenvalue weighted by molar-refractivity contribution is 9.10. The third kappa shape index (κ3) is 4.08. The van der Waals surface area contributed by atoms with Crippen molar-refractivity contribution in [2.45, 2.75) is 13.5 Å². The average Bonchev–Trinajstić information content (AvgIpc) is 2.50. The van der Waals surface area contributed by atoms with Gasteiger partial charge in [0, 0.05) is 10.2 Å². The highest BCUT2D eigenvalue weighted by atomic mass is 79.9. The first-order chi connectivity index (χ1) is 10.5. The fourth-order valence-corrected chi connectivity index (χ4v) is 2.26. The number of carbonyl (C=O) groups is 2. The van der Waals surface area contributed by atoms with Crippen LogP contribution < -0.4 is 5.32 Å². The largest absolute Gasteiger partial charge is 0.478 e. The summed E-state index contributed by atoms with van der Waals surface area (Å²) < 4.78 is 5.72. The third-order valence-corrected chi connectivity index (χ3v) is 3.86. The Hall–Kier alpha value is -2.34. The number of benzene rings is 2. The lowest BCUT2D eigenvalue weighted by Gasteiger charge is -2.11. The van der Waals surface area contributed by atoms with Crippen molar-refractivity contribution >= 4 is 33.7 Å². The van der Waals surface area contributed by atoms with Gasteiger partial charge >= 0.3 is 12.1 Å². The van der Waals surface area contributed by atoms with Crippen LogP contribution in [0.4, 0.5) is 10.5 Å². The number of ether oxygens (including phenoxy) is 1. The van der Waals surface area contributed by atoms with Crippen molar-refractivity contribution < 1.29 is 19.4 Å². The maximum absolute atomic E-state index is 11.8. The number of carboxylic acid groups (broad SMARTS) is 1. The molecular weight excluding hydrogens is 350 g/mol. The molecule has 0 radical (unpaired) electrons. The molecule has 0 saturated carbocycles. The van der Waals surface area contributed by atoms with E-state index in [1.54, 1.807) is 6.92 Å². The summed E-state index contributed by atoms with van der Waals surface area (Å²) in [5.41, 5.74) is 2.07. The maximum atomic E-state index is 11.8. The minimum atomic E-state index is -1.07. The second kappa shape index (κ2) is 7.09. The summed E-state index contributed by atoms with van der Waals surface area (Å²) in [5, 5.41) is 11.6. The number of carboxylic acids is 1. The molecule has 0 aliphatic carbocycles. The summed E-state index contributed by atoms with van der Waals surface area (Å²) in [6.45, 7) is 1.91. The van der Waals surface area contributed by atoms with Gasteiger partial charge in [-0.25, -0.2) is 9.59 Å². The summed E-state index contributed by atoms with van der Waals surface area (Å²) >= 11 is 3.28. The van der Waals surface area contributed by atoms with E-state index in [0.717, 1.165) is 11.1 Å². The van der Waals surface area contributed by atoms with Gasteiger partial charge in [0.2, 0.25) is 0 Å². The Morgan fingerprint density at radius 1 is 1.23 bits per heavy atom. The second-order valence-corrected chi connectivity index (χ2v) is 5.48. The van der Waals surface area contributed by atoms with Crippen LogP contribution in [0.25, 0.3) is 0 Å². The Morgan fingerprint density at radius 3 is 2.55 bits per heavy atom. The summed E-state index contributed by atoms with van der Waals surface area (Å²) in [4.78, 5) is 22.9. The molecule has 2 N–H and O–H groups in total. The lowest BCUT2D eigenvalue weighted by molar-refractivity contribution is 0.0696. The highest BCUT2D eigenvalue weighted by Crippen LogP contribution is 2.26. The molecular formula is C16H14BrNO4. The molecule has 114 valence electrons. The molecule has 0 aromatic heterocycles. The van der Waals surface area contributed by atoms with E-state index in [-0.39, 0.29) is 12.2 Å². The average molecular weight is 364 g/mol. The zero-order valence-electron chi connectivity index (χ0n) is 11.8. The molecule has 0 bridgehead atoms. The van der Waals surface area contributed by atoms with Gasteiger partial charge in [-0.1, -0.05) is 46.3 Å². The Balaban J connectivity index is 2.06. The monoisotopic (exact) mass is 363 g/mol. The summed E-state index contributed by atoms with van der Waals surface area (Å²) in [6, 6.07) is 12.2. The Labute approximate surface area is 136 Å². The first kappa shape index (κ1) is 16.0. The summed E-state index contributed by atoms with van der Waals surface area (Å²) in [5.74, 6) is -1.07. The number of carbonyl (C=O) groups excluding carboxylic acids is 1. The van der Waals surface area contributed by atoms with Crippen molar-refractivity contribution in [2.24, 2.45) is 0 Å². The number of aromatic carboxylic acids is 1. The number of halogens is 1. The molecule has 1 amide bonds. The van der Waals surface area contributed by atoms with Gasteiger partial charge < -0.3 is 9.84 Å². The van der Waals surface area contributed by atoms with Gasteiger partial charge in [0.1, 0.15) is 6.61 Å². The fraction of sp³-hybridized carbons (Fsp3) is 0.125. The summed E-state index contributed by atoms with van der Waals surface area (Å²) in [7, 11) is 0. The minimum absolute atomic E-state index is 0.0795. The van der Waals surface area contributed by atoms with Crippen molar-refractivity contribution in [2.75, 3.05) is 5.32 Å². The summed E-state index contributed by atoms with van der Waals surface area (Å²) in [6.07, 6.45) is -0.638. The molecule has 2 aromatic rings. The van der Waals surface area contributed by atoms with Crippen LogP contribution in [0.1, 0.15) is 21.5 Å². The van der Waals surface area contributed by atoms with E-state index >= 15 is 0 Å². The van der Waals surface area contributed by atoms with Gasteiger partial charge in [0.15, 0.2) is 0 Å². The number of hydrogen-bond donors (Lipinski definition) is 2. The Bertz CT molecular complexity index is 701. The van der Waals surface area contributed by atoms with E-state index in [0.29, 0.717) is 10.2 Å². The van der Waals surface area contributed by atoms with Crippen molar-refractivity contribution in [3.05, 3.63) is 63.6 Å². The van der Waals surface area contributed by atoms with Gasteiger partial charge in [-0.15, -0.1) is 0 Å². The lowest BCUT2D eigenvalue weighted by atomic mass is 10.1. The van der Waals surface area contributed by atoms with Crippen LogP contribution in [0, 0.1) is 6.92 Å². The van der Waals surface area contributed by atoms with E-state index in [1.807, 2.05) is 30.3 Å². The smallest absolute Gasteiger partial charge is 0.411 e. The van der Waals surface area contributed by atoms with Crippen molar-refractivity contribution in [3.63, 3.8) is 0 Å². The lowest BCUT2D eigenvalue weighted by Crippen LogP contribution is -2.15. The highest BCUT2D eigenvalue weighted by Gasteiger charge is 2.13. The van der Waals surface area contributed by atoms with Crippen molar-refractivity contribution in [1.29, 1.82) is 0 Å². The molecule has 0 atom stereocenters. The number of anilines is 1. The molecule has 0 spiro atoms. The molecule has 2 rings (SSSR count). The molecule has 6 heteroatoms. The fourth-order valence-electron chi connectivity index (χ4n) is 1.80. The van der Waals surface area contributed by atoms with Crippen LogP contribution in [0.15, 0.2) is 46.9 Å². The van der Waals surface area contributed by atoms with Gasteiger partial charge in [0.05, 0.1) is 5.56 Å².